The Labute approximate surface area is 164 Å². The van der Waals surface area contributed by atoms with Gasteiger partial charge in [-0.3, -0.25) is 9.67 Å². The molecule has 8 heteroatoms. The molecule has 26 heavy (non-hydrogen) atoms. The summed E-state index contributed by atoms with van der Waals surface area (Å²) in [5.74, 6) is 0.853. The van der Waals surface area contributed by atoms with Crippen molar-refractivity contribution in [1.29, 1.82) is 0 Å². The second-order valence-electron chi connectivity index (χ2n) is 6.38. The fourth-order valence-electron chi connectivity index (χ4n) is 2.98. The number of hydrogen-bond donors (Lipinski definition) is 1. The molecule has 0 fully saturated rings. The Bertz CT molecular complexity index is 764. The van der Waals surface area contributed by atoms with E-state index < -0.39 is 0 Å². The van der Waals surface area contributed by atoms with Crippen LogP contribution in [-0.4, -0.2) is 53.0 Å². The summed E-state index contributed by atoms with van der Waals surface area (Å²) in [7, 11) is 7.60. The highest BCUT2D eigenvalue weighted by Crippen LogP contribution is 2.16. The molecule has 0 aliphatic heterocycles. The molecule has 0 bridgehead atoms. The number of nitrogens with one attached hydrogen (secondary N) is 1. The number of ether oxygens (including phenoxy) is 1. The zero-order valence-corrected chi connectivity index (χ0v) is 18.1. The molecule has 0 aliphatic carbocycles. The van der Waals surface area contributed by atoms with Crippen LogP contribution in [-0.2, 0) is 31.4 Å². The first-order valence-corrected chi connectivity index (χ1v) is 9.41. The van der Waals surface area contributed by atoms with E-state index >= 15 is 0 Å². The minimum Gasteiger partial charge on any atom is -0.383 e. The van der Waals surface area contributed by atoms with Crippen molar-refractivity contribution in [2.45, 2.75) is 33.5 Å². The van der Waals surface area contributed by atoms with Gasteiger partial charge in [0.1, 0.15) is 0 Å². The summed E-state index contributed by atoms with van der Waals surface area (Å²) in [5.41, 5.74) is 4.62. The van der Waals surface area contributed by atoms with E-state index in [1.165, 1.54) is 11.3 Å². The number of nitrogens with zero attached hydrogens (tertiary/aromatic N) is 5. The topological polar surface area (TPSA) is 59.6 Å². The fourth-order valence-corrected chi connectivity index (χ4v) is 3.55. The van der Waals surface area contributed by atoms with Crippen molar-refractivity contribution >= 4 is 21.9 Å². The van der Waals surface area contributed by atoms with E-state index in [-0.39, 0.29) is 0 Å². The van der Waals surface area contributed by atoms with E-state index in [0.29, 0.717) is 13.2 Å². The largest absolute Gasteiger partial charge is 0.383 e. The van der Waals surface area contributed by atoms with Crippen LogP contribution in [0.3, 0.4) is 0 Å². The Morgan fingerprint density at radius 2 is 2.15 bits per heavy atom. The maximum absolute atomic E-state index is 5.16. The molecule has 0 saturated heterocycles. The van der Waals surface area contributed by atoms with Crippen LogP contribution >= 0.6 is 15.9 Å². The lowest BCUT2D eigenvalue weighted by molar-refractivity contribution is 0.182. The summed E-state index contributed by atoms with van der Waals surface area (Å²) in [6, 6.07) is 2.12. The minimum absolute atomic E-state index is 0.658. The van der Waals surface area contributed by atoms with Gasteiger partial charge >= 0.3 is 0 Å². The Kier molecular flexibility index (Phi) is 7.28. The Morgan fingerprint density at radius 1 is 1.42 bits per heavy atom. The van der Waals surface area contributed by atoms with E-state index in [1.807, 2.05) is 32.7 Å². The molecule has 2 aromatic rings. The summed E-state index contributed by atoms with van der Waals surface area (Å²) >= 11 is 3.52. The van der Waals surface area contributed by atoms with Gasteiger partial charge in [-0.05, 0) is 35.8 Å². The summed E-state index contributed by atoms with van der Waals surface area (Å²) < 4.78 is 10.4. The number of methoxy groups -OCH3 is 1. The Hall–Kier alpha value is -1.80. The second-order valence-corrected chi connectivity index (χ2v) is 7.30. The molecule has 0 amide bonds. The van der Waals surface area contributed by atoms with E-state index in [2.05, 4.69) is 60.0 Å². The molecule has 1 N–H and O–H groups in total. The summed E-state index contributed by atoms with van der Waals surface area (Å²) in [6.45, 7) is 7.03. The zero-order chi connectivity index (χ0) is 19.3. The number of guanidine groups is 1. The molecule has 0 radical (unpaired) electrons. The van der Waals surface area contributed by atoms with Gasteiger partial charge in [-0.2, -0.15) is 5.10 Å². The van der Waals surface area contributed by atoms with Crippen molar-refractivity contribution in [2.24, 2.45) is 12.0 Å². The lowest BCUT2D eigenvalue weighted by atomic mass is 10.2. The maximum Gasteiger partial charge on any atom is 0.194 e. The predicted octanol–water partition coefficient (Wildman–Crippen LogP) is 2.45. The van der Waals surface area contributed by atoms with E-state index in [9.17, 15) is 0 Å². The number of hydrogen-bond acceptors (Lipinski definition) is 3. The minimum atomic E-state index is 0.658. The van der Waals surface area contributed by atoms with Crippen LogP contribution in [0.4, 0.5) is 0 Å². The first-order valence-electron chi connectivity index (χ1n) is 8.61. The van der Waals surface area contributed by atoms with Crippen molar-refractivity contribution in [3.05, 3.63) is 39.4 Å². The van der Waals surface area contributed by atoms with Crippen molar-refractivity contribution in [2.75, 3.05) is 27.8 Å². The third-order valence-corrected chi connectivity index (χ3v) is 4.94. The third kappa shape index (κ3) is 4.88. The summed E-state index contributed by atoms with van der Waals surface area (Å²) in [5, 5.41) is 8.07. The van der Waals surface area contributed by atoms with Crippen molar-refractivity contribution in [3.63, 3.8) is 0 Å². The number of rotatable bonds is 7. The molecule has 0 aromatic carbocycles. The number of halogens is 1. The number of aliphatic imine (C=N–C) groups is 1. The normalized spacial score (nSPS) is 11.9. The summed E-state index contributed by atoms with van der Waals surface area (Å²) in [4.78, 5) is 6.53. The van der Waals surface area contributed by atoms with Crippen LogP contribution < -0.4 is 5.32 Å². The summed E-state index contributed by atoms with van der Waals surface area (Å²) in [6.07, 6.45) is 2.06. The van der Waals surface area contributed by atoms with Crippen LogP contribution in [0.5, 0.6) is 0 Å². The van der Waals surface area contributed by atoms with E-state index in [4.69, 9.17) is 4.74 Å². The van der Waals surface area contributed by atoms with Crippen LogP contribution in [0.1, 0.15) is 22.6 Å². The smallest absolute Gasteiger partial charge is 0.194 e. The van der Waals surface area contributed by atoms with Crippen LogP contribution in [0.15, 0.2) is 21.7 Å². The van der Waals surface area contributed by atoms with E-state index in [0.717, 1.165) is 34.9 Å². The monoisotopic (exact) mass is 424 g/mol. The number of aryl methyl sites for hydroxylation is 2. The lowest BCUT2D eigenvalue weighted by Crippen LogP contribution is -2.38. The predicted molar refractivity (Wildman–Crippen MR) is 108 cm³/mol. The van der Waals surface area contributed by atoms with Crippen LogP contribution in [0.25, 0.3) is 0 Å². The quantitative estimate of drug-likeness (QED) is 0.547. The first kappa shape index (κ1) is 20.5. The maximum atomic E-state index is 5.16. The van der Waals surface area contributed by atoms with Crippen LogP contribution in [0.2, 0.25) is 0 Å². The van der Waals surface area contributed by atoms with Crippen molar-refractivity contribution in [1.82, 2.24) is 24.6 Å². The average molecular weight is 425 g/mol. The standard InChI is InChI=1S/C18H29BrN6O/c1-13-17(14(2)25(22-13)7-8-26-6)10-21-18(20-3)24(5)12-16-9-15(19)11-23(16)4/h9,11H,7-8,10,12H2,1-6H3,(H,20,21). The molecule has 0 saturated carbocycles. The molecule has 0 aliphatic rings. The third-order valence-electron chi connectivity index (χ3n) is 4.51. The average Bonchev–Trinajstić information content (AvgIpc) is 3.05. The van der Waals surface area contributed by atoms with Gasteiger partial charge < -0.3 is 19.5 Å². The van der Waals surface area contributed by atoms with E-state index in [1.54, 1.807) is 7.11 Å². The van der Waals surface area contributed by atoms with Gasteiger partial charge in [0.15, 0.2) is 5.96 Å². The van der Waals surface area contributed by atoms with Crippen molar-refractivity contribution < 1.29 is 4.74 Å². The fraction of sp³-hybridized carbons (Fsp3) is 0.556. The zero-order valence-electron chi connectivity index (χ0n) is 16.5. The highest BCUT2D eigenvalue weighted by Gasteiger charge is 2.14. The second kappa shape index (κ2) is 9.23. The van der Waals surface area contributed by atoms with Gasteiger partial charge in [-0.1, -0.05) is 0 Å². The SMILES string of the molecule is CN=C(NCc1c(C)nn(CCOC)c1C)N(C)Cc1cc(Br)cn1C. The Balaban J connectivity index is 2.02. The highest BCUT2D eigenvalue weighted by molar-refractivity contribution is 9.10. The molecular weight excluding hydrogens is 396 g/mol. The molecule has 0 unspecified atom stereocenters. The van der Waals surface area contributed by atoms with Gasteiger partial charge in [0.2, 0.25) is 0 Å². The molecule has 7 nitrogen and oxygen atoms in total. The van der Waals surface area contributed by atoms with Crippen molar-refractivity contribution in [3.8, 4) is 0 Å². The molecule has 2 heterocycles. The van der Waals surface area contributed by atoms with Gasteiger partial charge in [-0.15, -0.1) is 0 Å². The number of aromatic nitrogens is 3. The first-order chi connectivity index (χ1) is 12.4. The highest BCUT2D eigenvalue weighted by atomic mass is 79.9. The molecule has 2 rings (SSSR count). The van der Waals surface area contributed by atoms with Gasteiger partial charge in [0, 0.05) is 62.4 Å². The van der Waals surface area contributed by atoms with Crippen LogP contribution in [0, 0.1) is 13.8 Å². The molecule has 0 spiro atoms. The lowest BCUT2D eigenvalue weighted by Gasteiger charge is -2.22. The van der Waals surface area contributed by atoms with Gasteiger partial charge in [-0.25, -0.2) is 0 Å². The Morgan fingerprint density at radius 3 is 2.73 bits per heavy atom. The molecule has 144 valence electrons. The van der Waals surface area contributed by atoms with Gasteiger partial charge in [0.05, 0.1) is 25.4 Å². The molecule has 2 aromatic heterocycles. The van der Waals surface area contributed by atoms with Gasteiger partial charge in [0.25, 0.3) is 0 Å². The molecular formula is C18H29BrN6O. The molecule has 0 atom stereocenters.